The van der Waals surface area contributed by atoms with Crippen LogP contribution in [-0.4, -0.2) is 34.6 Å². The van der Waals surface area contributed by atoms with Crippen LogP contribution in [0.5, 0.6) is 5.75 Å². The van der Waals surface area contributed by atoms with Gasteiger partial charge in [-0.1, -0.05) is 23.2 Å². The number of nitrogens with zero attached hydrogens (tertiary/aromatic N) is 1. The van der Waals surface area contributed by atoms with Gasteiger partial charge in [-0.15, -0.1) is 0 Å². The summed E-state index contributed by atoms with van der Waals surface area (Å²) in [5.74, 6) is -0.192. The second kappa shape index (κ2) is 8.82. The first-order chi connectivity index (χ1) is 12.8. The van der Waals surface area contributed by atoms with Crippen LogP contribution in [0.2, 0.25) is 10.0 Å². The molecule has 2 rings (SSSR count). The summed E-state index contributed by atoms with van der Waals surface area (Å²) in [5, 5.41) is -0.0911. The van der Waals surface area contributed by atoms with E-state index in [1.165, 1.54) is 47.8 Å². The van der Waals surface area contributed by atoms with Crippen molar-refractivity contribution >= 4 is 44.9 Å². The summed E-state index contributed by atoms with van der Waals surface area (Å²) in [5.41, 5.74) is 0.716. The summed E-state index contributed by atoms with van der Waals surface area (Å²) in [6.45, 7) is 3.81. The second-order valence-corrected chi connectivity index (χ2v) is 7.92. The minimum absolute atomic E-state index is 0.0222. The topological polar surface area (TPSA) is 72.9 Å². The smallest absolute Gasteiger partial charge is 0.338 e. The highest BCUT2D eigenvalue weighted by molar-refractivity contribution is 7.93. The van der Waals surface area contributed by atoms with Gasteiger partial charge in [0.1, 0.15) is 15.7 Å². The number of carbonyl (C=O) groups excluding carboxylic acids is 1. The fourth-order valence-corrected chi connectivity index (χ4v) is 4.75. The van der Waals surface area contributed by atoms with Crippen LogP contribution in [0.1, 0.15) is 24.2 Å². The van der Waals surface area contributed by atoms with Crippen LogP contribution >= 0.6 is 23.2 Å². The number of anilines is 1. The van der Waals surface area contributed by atoms with E-state index in [9.17, 15) is 13.2 Å². The zero-order valence-corrected chi connectivity index (χ0v) is 17.4. The van der Waals surface area contributed by atoms with E-state index < -0.39 is 16.0 Å². The van der Waals surface area contributed by atoms with Gasteiger partial charge in [0.2, 0.25) is 0 Å². The Morgan fingerprint density at radius 2 is 1.67 bits per heavy atom. The molecule has 0 N–H and O–H groups in total. The van der Waals surface area contributed by atoms with E-state index in [-0.39, 0.29) is 33.8 Å². The highest BCUT2D eigenvalue weighted by Gasteiger charge is 2.28. The molecule has 2 aromatic carbocycles. The first-order valence-electron chi connectivity index (χ1n) is 8.09. The van der Waals surface area contributed by atoms with Gasteiger partial charge < -0.3 is 9.47 Å². The van der Waals surface area contributed by atoms with Gasteiger partial charge in [0, 0.05) is 6.54 Å². The first-order valence-corrected chi connectivity index (χ1v) is 10.3. The standard InChI is InChI=1S/C18H19Cl2NO5S/c1-4-21(13-8-6-12(7-9-13)18(22)26-5-2)27(23,24)15-11-10-14(25-3)16(19)17(15)20/h6-11H,4-5H2,1-3H3. The van der Waals surface area contributed by atoms with Crippen LogP contribution in [0.4, 0.5) is 5.69 Å². The predicted octanol–water partition coefficient (Wildman–Crippen LogP) is 4.39. The molecule has 2 aromatic rings. The lowest BCUT2D eigenvalue weighted by molar-refractivity contribution is 0.0526. The molecule has 9 heteroatoms. The fourth-order valence-electron chi connectivity index (χ4n) is 2.46. The van der Waals surface area contributed by atoms with E-state index in [1.807, 2.05) is 0 Å². The van der Waals surface area contributed by atoms with Crippen molar-refractivity contribution < 1.29 is 22.7 Å². The zero-order chi connectivity index (χ0) is 20.2. The maximum Gasteiger partial charge on any atom is 0.338 e. The van der Waals surface area contributed by atoms with Gasteiger partial charge in [0.15, 0.2) is 0 Å². The third-order valence-electron chi connectivity index (χ3n) is 3.75. The number of benzene rings is 2. The highest BCUT2D eigenvalue weighted by Crippen LogP contribution is 2.38. The monoisotopic (exact) mass is 431 g/mol. The molecule has 0 amide bonds. The lowest BCUT2D eigenvalue weighted by atomic mass is 10.2. The molecule has 0 aliphatic carbocycles. The SMILES string of the molecule is CCOC(=O)c1ccc(N(CC)S(=O)(=O)c2ccc(OC)c(Cl)c2Cl)cc1. The minimum Gasteiger partial charge on any atom is -0.495 e. The average Bonchev–Trinajstić information content (AvgIpc) is 2.64. The van der Waals surface area contributed by atoms with Gasteiger partial charge in [-0.05, 0) is 50.2 Å². The molecule has 0 spiro atoms. The molecule has 6 nitrogen and oxygen atoms in total. The van der Waals surface area contributed by atoms with Crippen LogP contribution < -0.4 is 9.04 Å². The number of rotatable bonds is 7. The average molecular weight is 432 g/mol. The maximum atomic E-state index is 13.1. The van der Waals surface area contributed by atoms with Crippen molar-refractivity contribution in [1.29, 1.82) is 0 Å². The van der Waals surface area contributed by atoms with E-state index >= 15 is 0 Å². The molecule has 0 aliphatic heterocycles. The third kappa shape index (κ3) is 4.31. The summed E-state index contributed by atoms with van der Waals surface area (Å²) in [6, 6.07) is 8.87. The van der Waals surface area contributed by atoms with Gasteiger partial charge in [-0.2, -0.15) is 0 Å². The number of carbonyl (C=O) groups is 1. The summed E-state index contributed by atoms with van der Waals surface area (Å²) >= 11 is 12.3. The Kier molecular flexibility index (Phi) is 6.97. The van der Waals surface area contributed by atoms with Crippen LogP contribution in [0.25, 0.3) is 0 Å². The number of ether oxygens (including phenoxy) is 2. The molecule has 0 saturated carbocycles. The zero-order valence-electron chi connectivity index (χ0n) is 15.0. The Labute approximate surface area is 168 Å². The molecule has 0 heterocycles. The van der Waals surface area contributed by atoms with Crippen molar-refractivity contribution in [3.05, 3.63) is 52.0 Å². The summed E-state index contributed by atoms with van der Waals surface area (Å²) in [7, 11) is -2.57. The molecule has 0 bridgehead atoms. The number of sulfonamides is 1. The molecular weight excluding hydrogens is 413 g/mol. The first kappa shape index (κ1) is 21.3. The lowest BCUT2D eigenvalue weighted by Gasteiger charge is -2.24. The van der Waals surface area contributed by atoms with E-state index in [1.54, 1.807) is 13.8 Å². The van der Waals surface area contributed by atoms with Crippen molar-refractivity contribution in [2.75, 3.05) is 24.6 Å². The second-order valence-electron chi connectivity index (χ2n) is 5.33. The van der Waals surface area contributed by atoms with Crippen LogP contribution in [-0.2, 0) is 14.8 Å². The van der Waals surface area contributed by atoms with Crippen molar-refractivity contribution in [1.82, 2.24) is 0 Å². The normalized spacial score (nSPS) is 11.1. The molecular formula is C18H19Cl2NO5S. The molecule has 0 atom stereocenters. The number of hydrogen-bond acceptors (Lipinski definition) is 5. The molecule has 146 valence electrons. The highest BCUT2D eigenvalue weighted by atomic mass is 35.5. The quantitative estimate of drug-likeness (QED) is 0.607. The Bertz CT molecular complexity index is 930. The van der Waals surface area contributed by atoms with E-state index in [4.69, 9.17) is 32.7 Å². The van der Waals surface area contributed by atoms with Gasteiger partial charge in [0.05, 0.1) is 30.0 Å². The molecule has 0 aliphatic rings. The summed E-state index contributed by atoms with van der Waals surface area (Å²) in [6.07, 6.45) is 0. The van der Waals surface area contributed by atoms with E-state index in [2.05, 4.69) is 0 Å². The minimum atomic E-state index is -3.98. The van der Waals surface area contributed by atoms with Crippen molar-refractivity contribution in [2.45, 2.75) is 18.7 Å². The van der Waals surface area contributed by atoms with Crippen molar-refractivity contribution in [2.24, 2.45) is 0 Å². The Morgan fingerprint density at radius 1 is 1.04 bits per heavy atom. The molecule has 0 fully saturated rings. The van der Waals surface area contributed by atoms with Crippen molar-refractivity contribution in [3.8, 4) is 5.75 Å². The van der Waals surface area contributed by atoms with Gasteiger partial charge >= 0.3 is 5.97 Å². The van der Waals surface area contributed by atoms with Gasteiger partial charge in [0.25, 0.3) is 10.0 Å². The summed E-state index contributed by atoms with van der Waals surface area (Å²) < 4.78 is 37.4. The number of esters is 1. The van der Waals surface area contributed by atoms with Gasteiger partial charge in [-0.3, -0.25) is 4.31 Å². The molecule has 0 saturated heterocycles. The molecule has 0 radical (unpaired) electrons. The largest absolute Gasteiger partial charge is 0.495 e. The number of methoxy groups -OCH3 is 1. The van der Waals surface area contributed by atoms with E-state index in [0.29, 0.717) is 11.3 Å². The Morgan fingerprint density at radius 3 is 2.19 bits per heavy atom. The summed E-state index contributed by atoms with van der Waals surface area (Å²) in [4.78, 5) is 11.6. The van der Waals surface area contributed by atoms with Crippen molar-refractivity contribution in [3.63, 3.8) is 0 Å². The predicted molar refractivity (Wildman–Crippen MR) is 106 cm³/mol. The lowest BCUT2D eigenvalue weighted by Crippen LogP contribution is -2.31. The molecule has 27 heavy (non-hydrogen) atoms. The fraction of sp³-hybridized carbons (Fsp3) is 0.278. The van der Waals surface area contributed by atoms with Crippen LogP contribution in [0.15, 0.2) is 41.3 Å². The Balaban J connectivity index is 2.44. The van der Waals surface area contributed by atoms with Gasteiger partial charge in [-0.25, -0.2) is 13.2 Å². The Hall–Kier alpha value is -1.96. The third-order valence-corrected chi connectivity index (χ3v) is 6.67. The van der Waals surface area contributed by atoms with Crippen LogP contribution in [0, 0.1) is 0 Å². The maximum absolute atomic E-state index is 13.1. The number of halogens is 2. The molecule has 0 aromatic heterocycles. The number of hydrogen-bond donors (Lipinski definition) is 0. The van der Waals surface area contributed by atoms with Crippen LogP contribution in [0.3, 0.4) is 0 Å². The van der Waals surface area contributed by atoms with E-state index in [0.717, 1.165) is 0 Å². The molecule has 0 unspecified atom stereocenters.